The number of piperidine rings is 1. The van der Waals surface area contributed by atoms with Crippen LogP contribution in [0.5, 0.6) is 0 Å². The van der Waals surface area contributed by atoms with Gasteiger partial charge in [-0.2, -0.15) is 0 Å². The van der Waals surface area contributed by atoms with Crippen LogP contribution in [-0.2, 0) is 9.53 Å². The number of nitrogens with one attached hydrogen (secondary N) is 1. The predicted octanol–water partition coefficient (Wildman–Crippen LogP) is 2.72. The van der Waals surface area contributed by atoms with Crippen LogP contribution in [0.15, 0.2) is 34.9 Å². The van der Waals surface area contributed by atoms with Crippen molar-refractivity contribution >= 4 is 22.8 Å². The van der Waals surface area contributed by atoms with Gasteiger partial charge < -0.3 is 19.4 Å². The fourth-order valence-electron chi connectivity index (χ4n) is 3.72. The molecule has 138 valence electrons. The number of methoxy groups -OCH3 is 1. The molecule has 4 rings (SSSR count). The molecule has 0 radical (unpaired) electrons. The second kappa shape index (κ2) is 6.43. The normalized spacial score (nSPS) is 24.5. The number of furan rings is 1. The van der Waals surface area contributed by atoms with Crippen LogP contribution in [0.25, 0.3) is 11.0 Å². The van der Waals surface area contributed by atoms with Crippen LogP contribution in [0, 0.1) is 0 Å². The topological polar surface area (TPSA) is 71.8 Å². The molecule has 1 saturated carbocycles. The second-order valence-corrected chi connectivity index (χ2v) is 7.43. The Balaban J connectivity index is 1.47. The number of ether oxygens (including phenoxy) is 1. The highest BCUT2D eigenvalue weighted by molar-refractivity contribution is 5.97. The minimum absolute atomic E-state index is 0.0253. The van der Waals surface area contributed by atoms with Crippen molar-refractivity contribution in [2.24, 2.45) is 0 Å². The maximum atomic E-state index is 13.0. The molecule has 2 aromatic rings. The van der Waals surface area contributed by atoms with Gasteiger partial charge in [-0.15, -0.1) is 0 Å². The summed E-state index contributed by atoms with van der Waals surface area (Å²) in [6, 6.07) is 7.50. The first-order chi connectivity index (χ1) is 12.5. The van der Waals surface area contributed by atoms with Gasteiger partial charge in [0.1, 0.15) is 11.2 Å². The Bertz CT molecular complexity index is 839. The lowest BCUT2D eigenvalue weighted by atomic mass is 9.97. The number of carbonyl (C=O) groups is 2. The largest absolute Gasteiger partial charge is 0.464 e. The zero-order valence-corrected chi connectivity index (χ0v) is 15.2. The first-order valence-corrected chi connectivity index (χ1v) is 9.17. The molecular weight excluding hydrogens is 332 g/mol. The van der Waals surface area contributed by atoms with Crippen molar-refractivity contribution in [2.45, 2.75) is 50.3 Å². The lowest BCUT2D eigenvalue weighted by Crippen LogP contribution is -2.55. The number of rotatable bonds is 4. The summed E-state index contributed by atoms with van der Waals surface area (Å²) in [5.41, 5.74) is 0.686. The van der Waals surface area contributed by atoms with E-state index in [0.717, 1.165) is 31.1 Å². The van der Waals surface area contributed by atoms with Gasteiger partial charge in [0, 0.05) is 36.7 Å². The molecule has 2 unspecified atom stereocenters. The van der Waals surface area contributed by atoms with E-state index in [-0.39, 0.29) is 23.9 Å². The minimum atomic E-state index is -0.637. The fraction of sp³-hybridized carbons (Fsp3) is 0.500. The summed E-state index contributed by atoms with van der Waals surface area (Å²) >= 11 is 0. The van der Waals surface area contributed by atoms with E-state index >= 15 is 0 Å². The fourth-order valence-corrected chi connectivity index (χ4v) is 3.72. The molecule has 2 amide bonds. The zero-order chi connectivity index (χ0) is 18.3. The van der Waals surface area contributed by atoms with Gasteiger partial charge in [0.15, 0.2) is 0 Å². The Morgan fingerprint density at radius 3 is 2.81 bits per heavy atom. The third kappa shape index (κ3) is 2.98. The molecule has 6 nitrogen and oxygen atoms in total. The zero-order valence-electron chi connectivity index (χ0n) is 15.2. The van der Waals surface area contributed by atoms with E-state index in [4.69, 9.17) is 9.15 Å². The van der Waals surface area contributed by atoms with Crippen LogP contribution in [0.2, 0.25) is 0 Å². The number of hydrogen-bond acceptors (Lipinski definition) is 4. The average molecular weight is 356 g/mol. The molecule has 1 saturated heterocycles. The number of fused-ring (bicyclic) bond motifs is 1. The molecule has 2 aliphatic rings. The molecule has 2 heterocycles. The van der Waals surface area contributed by atoms with E-state index in [2.05, 4.69) is 12.2 Å². The number of likely N-dealkylation sites (tertiary alicyclic amines) is 1. The SMILES string of the molecule is COC1(C(=O)NC2CCC(C)N(C(=O)c3ccc4ccoc4c3)C2)CC1. The molecule has 1 aromatic heterocycles. The van der Waals surface area contributed by atoms with Crippen molar-refractivity contribution in [3.8, 4) is 0 Å². The van der Waals surface area contributed by atoms with Crippen molar-refractivity contribution in [2.75, 3.05) is 13.7 Å². The van der Waals surface area contributed by atoms with Crippen LogP contribution >= 0.6 is 0 Å². The van der Waals surface area contributed by atoms with E-state index in [1.807, 2.05) is 23.1 Å². The van der Waals surface area contributed by atoms with Gasteiger partial charge in [0.25, 0.3) is 11.8 Å². The Kier molecular flexibility index (Phi) is 4.23. The highest BCUT2D eigenvalue weighted by atomic mass is 16.5. The molecule has 2 fully saturated rings. The summed E-state index contributed by atoms with van der Waals surface area (Å²) in [5, 5.41) is 4.06. The minimum Gasteiger partial charge on any atom is -0.464 e. The summed E-state index contributed by atoms with van der Waals surface area (Å²) in [5.74, 6) is -0.0772. The third-order valence-corrected chi connectivity index (χ3v) is 5.69. The lowest BCUT2D eigenvalue weighted by Gasteiger charge is -2.38. The predicted molar refractivity (Wildman–Crippen MR) is 96.9 cm³/mol. The molecule has 1 aliphatic carbocycles. The van der Waals surface area contributed by atoms with Crippen LogP contribution in [-0.4, -0.2) is 48.1 Å². The van der Waals surface area contributed by atoms with Gasteiger partial charge in [-0.25, -0.2) is 0 Å². The Morgan fingerprint density at radius 2 is 2.08 bits per heavy atom. The van der Waals surface area contributed by atoms with E-state index in [0.29, 0.717) is 17.7 Å². The second-order valence-electron chi connectivity index (χ2n) is 7.43. The number of hydrogen-bond donors (Lipinski definition) is 1. The van der Waals surface area contributed by atoms with Crippen LogP contribution in [0.1, 0.15) is 43.0 Å². The summed E-state index contributed by atoms with van der Waals surface area (Å²) < 4.78 is 10.8. The molecule has 26 heavy (non-hydrogen) atoms. The van der Waals surface area contributed by atoms with Gasteiger partial charge in [-0.05, 0) is 50.8 Å². The molecule has 6 heteroatoms. The van der Waals surface area contributed by atoms with Crippen LogP contribution < -0.4 is 5.32 Å². The Hall–Kier alpha value is -2.34. The molecule has 0 spiro atoms. The maximum Gasteiger partial charge on any atom is 0.254 e. The molecule has 2 atom stereocenters. The number of benzene rings is 1. The van der Waals surface area contributed by atoms with E-state index in [1.165, 1.54) is 0 Å². The Morgan fingerprint density at radius 1 is 1.27 bits per heavy atom. The smallest absolute Gasteiger partial charge is 0.254 e. The van der Waals surface area contributed by atoms with Crippen molar-refractivity contribution in [3.63, 3.8) is 0 Å². The number of nitrogens with zero attached hydrogens (tertiary/aromatic N) is 1. The van der Waals surface area contributed by atoms with Crippen LogP contribution in [0.3, 0.4) is 0 Å². The first kappa shape index (κ1) is 17.1. The van der Waals surface area contributed by atoms with Crippen molar-refractivity contribution in [3.05, 3.63) is 36.1 Å². The molecular formula is C20H24N2O4. The Labute approximate surface area is 152 Å². The molecule has 1 aromatic carbocycles. The van der Waals surface area contributed by atoms with Crippen molar-refractivity contribution in [1.82, 2.24) is 10.2 Å². The van der Waals surface area contributed by atoms with Crippen LogP contribution in [0.4, 0.5) is 0 Å². The standard InChI is InChI=1S/C20H24N2O4/c1-13-3-6-16(21-19(24)20(25-2)8-9-20)12-22(13)18(23)15-5-4-14-7-10-26-17(14)11-15/h4-5,7,10-11,13,16H,3,6,8-9,12H2,1-2H3,(H,21,24). The molecule has 0 bridgehead atoms. The van der Waals surface area contributed by atoms with Crippen molar-refractivity contribution < 1.29 is 18.7 Å². The summed E-state index contributed by atoms with van der Waals surface area (Å²) in [4.78, 5) is 27.3. The van der Waals surface area contributed by atoms with Gasteiger partial charge in [-0.3, -0.25) is 9.59 Å². The van der Waals surface area contributed by atoms with Gasteiger partial charge >= 0.3 is 0 Å². The van der Waals surface area contributed by atoms with Gasteiger partial charge in [-0.1, -0.05) is 6.07 Å². The van der Waals surface area contributed by atoms with E-state index in [9.17, 15) is 9.59 Å². The monoisotopic (exact) mass is 356 g/mol. The van der Waals surface area contributed by atoms with E-state index in [1.54, 1.807) is 19.4 Å². The maximum absolute atomic E-state index is 13.0. The average Bonchev–Trinajstić information content (AvgIpc) is 3.32. The number of carbonyl (C=O) groups excluding carboxylic acids is 2. The number of amides is 2. The van der Waals surface area contributed by atoms with Gasteiger partial charge in [0.05, 0.1) is 6.26 Å². The summed E-state index contributed by atoms with van der Waals surface area (Å²) in [6.07, 6.45) is 4.89. The molecule has 1 N–H and O–H groups in total. The summed E-state index contributed by atoms with van der Waals surface area (Å²) in [6.45, 7) is 2.57. The highest BCUT2D eigenvalue weighted by Crippen LogP contribution is 2.39. The lowest BCUT2D eigenvalue weighted by molar-refractivity contribution is -0.134. The first-order valence-electron chi connectivity index (χ1n) is 9.17. The van der Waals surface area contributed by atoms with Crippen molar-refractivity contribution in [1.29, 1.82) is 0 Å². The quantitative estimate of drug-likeness (QED) is 0.914. The van der Waals surface area contributed by atoms with E-state index < -0.39 is 5.60 Å². The highest BCUT2D eigenvalue weighted by Gasteiger charge is 2.51. The third-order valence-electron chi connectivity index (χ3n) is 5.69. The summed E-state index contributed by atoms with van der Waals surface area (Å²) in [7, 11) is 1.58. The van der Waals surface area contributed by atoms with Gasteiger partial charge in [0.2, 0.25) is 0 Å². The molecule has 1 aliphatic heterocycles.